The predicted molar refractivity (Wildman–Crippen MR) is 127 cm³/mol. The van der Waals surface area contributed by atoms with Crippen molar-refractivity contribution in [1.29, 1.82) is 0 Å². The summed E-state index contributed by atoms with van der Waals surface area (Å²) in [6.45, 7) is 7.79. The van der Waals surface area contributed by atoms with Gasteiger partial charge in [0.05, 0.1) is 26.2 Å². The minimum absolute atomic E-state index is 0.0873. The van der Waals surface area contributed by atoms with E-state index >= 15 is 0 Å². The van der Waals surface area contributed by atoms with Crippen molar-refractivity contribution >= 4 is 23.2 Å². The molecule has 7 nitrogen and oxygen atoms in total. The van der Waals surface area contributed by atoms with Crippen molar-refractivity contribution in [2.75, 3.05) is 47.4 Å². The molecule has 0 unspecified atom stereocenters. The maximum absolute atomic E-state index is 13.5. The molecule has 2 aromatic rings. The van der Waals surface area contributed by atoms with Gasteiger partial charge in [0.2, 0.25) is 5.91 Å². The first-order valence-corrected chi connectivity index (χ1v) is 11.9. The van der Waals surface area contributed by atoms with Crippen LogP contribution in [0.25, 0.3) is 0 Å². The number of hydrogen-bond donors (Lipinski definition) is 1. The quantitative estimate of drug-likeness (QED) is 0.551. The van der Waals surface area contributed by atoms with Gasteiger partial charge in [0.25, 0.3) is 5.91 Å². The van der Waals surface area contributed by atoms with Gasteiger partial charge in [-0.15, -0.1) is 11.3 Å². The number of carbonyl (C=O) groups excluding carboxylic acids is 2. The zero-order valence-corrected chi connectivity index (χ0v) is 20.3. The number of carbonyl (C=O) groups is 2. The standard InChI is InChI=1S/C24H33N3O4S/c1-6-27(7-2)12-9-11-25-23(28)21-16-14-18(30-4)19(31-5)15-17(16)24(29)26(3)22(21)20-10-8-13-32-20/h8,10,13-15,21-22H,6-7,9,11-12H2,1-5H3,(H,25,28)/t21-,22+/m1/s1. The Morgan fingerprint density at radius 2 is 1.88 bits per heavy atom. The van der Waals surface area contributed by atoms with Gasteiger partial charge in [-0.05, 0) is 55.2 Å². The Bertz CT molecular complexity index is 928. The summed E-state index contributed by atoms with van der Waals surface area (Å²) in [4.78, 5) is 31.8. The average Bonchev–Trinajstić information content (AvgIpc) is 3.34. The molecule has 1 aliphatic rings. The third-order valence-electron chi connectivity index (χ3n) is 6.14. The van der Waals surface area contributed by atoms with Crippen molar-refractivity contribution in [3.63, 3.8) is 0 Å². The topological polar surface area (TPSA) is 71.1 Å². The van der Waals surface area contributed by atoms with Crippen LogP contribution in [-0.4, -0.2) is 69.1 Å². The van der Waals surface area contributed by atoms with Gasteiger partial charge in [-0.1, -0.05) is 19.9 Å². The zero-order chi connectivity index (χ0) is 23.3. The van der Waals surface area contributed by atoms with E-state index < -0.39 is 5.92 Å². The number of likely N-dealkylation sites (N-methyl/N-ethyl adjacent to an activating group) is 1. The molecular formula is C24H33N3O4S. The Hall–Kier alpha value is -2.58. The van der Waals surface area contributed by atoms with Crippen LogP contribution in [0.1, 0.15) is 53.0 Å². The van der Waals surface area contributed by atoms with Crippen molar-refractivity contribution in [1.82, 2.24) is 15.1 Å². The lowest BCUT2D eigenvalue weighted by molar-refractivity contribution is -0.124. The van der Waals surface area contributed by atoms with Gasteiger partial charge < -0.3 is 24.6 Å². The van der Waals surface area contributed by atoms with Crippen LogP contribution in [0.15, 0.2) is 29.6 Å². The Labute approximate surface area is 194 Å². The molecule has 3 rings (SSSR count). The average molecular weight is 460 g/mol. The van der Waals surface area contributed by atoms with Gasteiger partial charge in [-0.3, -0.25) is 9.59 Å². The van der Waals surface area contributed by atoms with Crippen molar-refractivity contribution in [2.24, 2.45) is 0 Å². The highest BCUT2D eigenvalue weighted by Crippen LogP contribution is 2.46. The largest absolute Gasteiger partial charge is 0.493 e. The Morgan fingerprint density at radius 3 is 2.47 bits per heavy atom. The van der Waals surface area contributed by atoms with Crippen molar-refractivity contribution in [3.05, 3.63) is 45.6 Å². The first-order valence-electron chi connectivity index (χ1n) is 11.0. The highest BCUT2D eigenvalue weighted by molar-refractivity contribution is 7.10. The number of ether oxygens (including phenoxy) is 2. The highest BCUT2D eigenvalue weighted by atomic mass is 32.1. The third kappa shape index (κ3) is 4.76. The van der Waals surface area contributed by atoms with Gasteiger partial charge in [-0.2, -0.15) is 0 Å². The molecule has 2 amide bonds. The molecule has 1 N–H and O–H groups in total. The molecular weight excluding hydrogens is 426 g/mol. The molecule has 32 heavy (non-hydrogen) atoms. The first kappa shape index (κ1) is 24.1. The molecule has 0 saturated heterocycles. The number of rotatable bonds is 10. The maximum atomic E-state index is 13.5. The Morgan fingerprint density at radius 1 is 1.19 bits per heavy atom. The van der Waals surface area contributed by atoms with E-state index in [9.17, 15) is 9.59 Å². The van der Waals surface area contributed by atoms with Gasteiger partial charge in [0.1, 0.15) is 0 Å². The number of nitrogens with zero attached hydrogens (tertiary/aromatic N) is 2. The molecule has 1 aromatic carbocycles. The van der Waals surface area contributed by atoms with Crippen LogP contribution in [0, 0.1) is 0 Å². The Balaban J connectivity index is 1.95. The second-order valence-corrected chi connectivity index (χ2v) is 8.80. The van der Waals surface area contributed by atoms with Crippen LogP contribution in [0.4, 0.5) is 0 Å². The summed E-state index contributed by atoms with van der Waals surface area (Å²) in [6, 6.07) is 7.00. The van der Waals surface area contributed by atoms with Crippen LogP contribution in [0.2, 0.25) is 0 Å². The number of amides is 2. The molecule has 0 bridgehead atoms. The van der Waals surface area contributed by atoms with E-state index in [-0.39, 0.29) is 17.9 Å². The fourth-order valence-electron chi connectivity index (χ4n) is 4.31. The second-order valence-electron chi connectivity index (χ2n) is 7.82. The fourth-order valence-corrected chi connectivity index (χ4v) is 5.22. The molecule has 8 heteroatoms. The minimum atomic E-state index is -0.542. The van der Waals surface area contributed by atoms with E-state index in [1.165, 1.54) is 7.11 Å². The lowest BCUT2D eigenvalue weighted by Crippen LogP contribution is -2.45. The zero-order valence-electron chi connectivity index (χ0n) is 19.5. The number of hydrogen-bond acceptors (Lipinski definition) is 6. The van der Waals surface area contributed by atoms with Crippen LogP contribution in [0.5, 0.6) is 11.5 Å². The molecule has 174 valence electrons. The van der Waals surface area contributed by atoms with E-state index in [4.69, 9.17) is 9.47 Å². The normalized spacial score (nSPS) is 17.9. The van der Waals surface area contributed by atoms with Crippen molar-refractivity contribution in [3.8, 4) is 11.5 Å². The van der Waals surface area contributed by atoms with E-state index in [0.29, 0.717) is 29.2 Å². The molecule has 0 fully saturated rings. The van der Waals surface area contributed by atoms with E-state index in [1.54, 1.807) is 42.5 Å². The van der Waals surface area contributed by atoms with Gasteiger partial charge in [0.15, 0.2) is 11.5 Å². The van der Waals surface area contributed by atoms with Crippen LogP contribution >= 0.6 is 11.3 Å². The smallest absolute Gasteiger partial charge is 0.254 e. The molecule has 1 aliphatic heterocycles. The Kier molecular flexibility index (Phi) is 8.15. The summed E-state index contributed by atoms with van der Waals surface area (Å²) < 4.78 is 10.9. The summed E-state index contributed by atoms with van der Waals surface area (Å²) in [5, 5.41) is 5.09. The molecule has 0 radical (unpaired) electrons. The van der Waals surface area contributed by atoms with Gasteiger partial charge in [0, 0.05) is 24.0 Å². The SMILES string of the molecule is CCN(CC)CCCNC(=O)[C@@H]1c2cc(OC)c(OC)cc2C(=O)N(C)[C@H]1c1cccs1. The molecule has 2 heterocycles. The van der Waals surface area contributed by atoms with E-state index in [2.05, 4.69) is 24.1 Å². The number of nitrogens with one attached hydrogen (secondary N) is 1. The van der Waals surface area contributed by atoms with Crippen LogP contribution < -0.4 is 14.8 Å². The van der Waals surface area contributed by atoms with Gasteiger partial charge >= 0.3 is 0 Å². The summed E-state index contributed by atoms with van der Waals surface area (Å²) in [5.41, 5.74) is 1.15. The lowest BCUT2D eigenvalue weighted by atomic mass is 9.81. The van der Waals surface area contributed by atoms with Crippen molar-refractivity contribution in [2.45, 2.75) is 32.2 Å². The fraction of sp³-hybridized carbons (Fsp3) is 0.500. The molecule has 0 saturated carbocycles. The predicted octanol–water partition coefficient (Wildman–Crippen LogP) is 3.52. The summed E-state index contributed by atoms with van der Waals surface area (Å²) in [7, 11) is 4.85. The number of thiophene rings is 1. The number of methoxy groups -OCH3 is 2. The van der Waals surface area contributed by atoms with Gasteiger partial charge in [-0.25, -0.2) is 0 Å². The minimum Gasteiger partial charge on any atom is -0.493 e. The highest BCUT2D eigenvalue weighted by Gasteiger charge is 2.43. The van der Waals surface area contributed by atoms with E-state index in [1.807, 2.05) is 17.5 Å². The molecule has 0 aliphatic carbocycles. The molecule has 0 spiro atoms. The lowest BCUT2D eigenvalue weighted by Gasteiger charge is -2.39. The van der Waals surface area contributed by atoms with Crippen LogP contribution in [-0.2, 0) is 4.79 Å². The summed E-state index contributed by atoms with van der Waals surface area (Å²) in [5.74, 6) is 0.217. The maximum Gasteiger partial charge on any atom is 0.254 e. The summed E-state index contributed by atoms with van der Waals surface area (Å²) >= 11 is 1.55. The molecule has 2 atom stereocenters. The third-order valence-corrected chi connectivity index (χ3v) is 7.08. The second kappa shape index (κ2) is 10.8. The van der Waals surface area contributed by atoms with Crippen molar-refractivity contribution < 1.29 is 19.1 Å². The van der Waals surface area contributed by atoms with E-state index in [0.717, 1.165) is 30.9 Å². The molecule has 1 aromatic heterocycles. The number of benzene rings is 1. The number of fused-ring (bicyclic) bond motifs is 1. The first-order chi connectivity index (χ1) is 15.5. The summed E-state index contributed by atoms with van der Waals surface area (Å²) in [6.07, 6.45) is 0.872. The van der Waals surface area contributed by atoms with Crippen LogP contribution in [0.3, 0.4) is 0 Å². The monoisotopic (exact) mass is 459 g/mol.